The van der Waals surface area contributed by atoms with Crippen molar-refractivity contribution in [3.8, 4) is 0 Å². The molecule has 9 heteroatoms. The number of hydrogen-bond acceptors (Lipinski definition) is 5. The van der Waals surface area contributed by atoms with Gasteiger partial charge in [-0.2, -0.15) is 0 Å². The van der Waals surface area contributed by atoms with Crippen LogP contribution < -0.4 is 5.14 Å². The average Bonchev–Trinajstić information content (AvgIpc) is 2.64. The normalized spacial score (nSPS) is 19.1. The Bertz CT molecular complexity index is 541. The van der Waals surface area contributed by atoms with Crippen LogP contribution in [0.25, 0.3) is 0 Å². The molecule has 1 rings (SSSR count). The topological polar surface area (TPSA) is 110 Å². The van der Waals surface area contributed by atoms with Crippen LogP contribution in [0.5, 0.6) is 0 Å². The smallest absolute Gasteiger partial charge is 0.410 e. The van der Waals surface area contributed by atoms with E-state index >= 15 is 0 Å². The summed E-state index contributed by atoms with van der Waals surface area (Å²) in [5.74, 6) is -0.493. The van der Waals surface area contributed by atoms with Crippen molar-refractivity contribution in [3.63, 3.8) is 0 Å². The van der Waals surface area contributed by atoms with Crippen molar-refractivity contribution in [2.75, 3.05) is 32.4 Å². The van der Waals surface area contributed by atoms with E-state index < -0.39 is 21.7 Å². The van der Waals surface area contributed by atoms with Crippen LogP contribution in [0.1, 0.15) is 33.6 Å². The molecule has 1 saturated heterocycles. The summed E-state index contributed by atoms with van der Waals surface area (Å²) in [6.07, 6.45) is 0.402. The first-order chi connectivity index (χ1) is 10.4. The molecule has 0 aromatic carbocycles. The molecule has 0 aromatic rings. The lowest BCUT2D eigenvalue weighted by molar-refractivity contribution is -0.127. The van der Waals surface area contributed by atoms with Gasteiger partial charge in [-0.1, -0.05) is 0 Å². The van der Waals surface area contributed by atoms with E-state index in [2.05, 4.69) is 0 Å². The zero-order chi connectivity index (χ0) is 17.8. The van der Waals surface area contributed by atoms with Gasteiger partial charge in [0.05, 0.1) is 5.75 Å². The largest absolute Gasteiger partial charge is 0.444 e. The summed E-state index contributed by atoms with van der Waals surface area (Å²) in [6.45, 7) is 6.73. The fourth-order valence-corrected chi connectivity index (χ4v) is 3.32. The number of primary sulfonamides is 1. The van der Waals surface area contributed by atoms with Crippen LogP contribution in [0.15, 0.2) is 0 Å². The van der Waals surface area contributed by atoms with Crippen molar-refractivity contribution in [3.05, 3.63) is 0 Å². The zero-order valence-corrected chi connectivity index (χ0v) is 15.1. The second-order valence-electron chi connectivity index (χ2n) is 6.99. The minimum absolute atomic E-state index is 0.0708. The molecule has 0 spiro atoms. The summed E-state index contributed by atoms with van der Waals surface area (Å²) < 4.78 is 27.4. The molecule has 2 amide bonds. The van der Waals surface area contributed by atoms with Gasteiger partial charge in [-0.15, -0.1) is 0 Å². The highest BCUT2D eigenvalue weighted by Crippen LogP contribution is 2.19. The molecule has 23 heavy (non-hydrogen) atoms. The molecule has 1 aliphatic rings. The summed E-state index contributed by atoms with van der Waals surface area (Å²) in [6, 6.07) is 0. The zero-order valence-electron chi connectivity index (χ0n) is 14.2. The first-order valence-corrected chi connectivity index (χ1v) is 9.31. The predicted molar refractivity (Wildman–Crippen MR) is 86.1 cm³/mol. The molecule has 0 radical (unpaired) electrons. The molecule has 0 aliphatic carbocycles. The monoisotopic (exact) mass is 349 g/mol. The third-order valence-corrected chi connectivity index (χ3v) is 4.33. The van der Waals surface area contributed by atoms with Gasteiger partial charge in [0, 0.05) is 39.0 Å². The number of sulfonamides is 1. The molecule has 134 valence electrons. The van der Waals surface area contributed by atoms with Crippen LogP contribution >= 0.6 is 0 Å². The van der Waals surface area contributed by atoms with Crippen LogP contribution in [0.4, 0.5) is 4.79 Å². The van der Waals surface area contributed by atoms with Crippen LogP contribution in [-0.4, -0.2) is 68.3 Å². The third kappa shape index (κ3) is 7.65. The summed E-state index contributed by atoms with van der Waals surface area (Å²) in [7, 11) is -1.92. The van der Waals surface area contributed by atoms with Gasteiger partial charge in [0.15, 0.2) is 0 Å². The molecule has 2 N–H and O–H groups in total. The molecule has 1 unspecified atom stereocenters. The fraction of sp³-hybridized carbons (Fsp3) is 0.857. The molecule has 8 nitrogen and oxygen atoms in total. The van der Waals surface area contributed by atoms with E-state index in [0.29, 0.717) is 26.1 Å². The number of rotatable bonds is 6. The Morgan fingerprint density at radius 1 is 1.43 bits per heavy atom. The number of nitrogens with two attached hydrogens (primary N) is 1. The predicted octanol–water partition coefficient (Wildman–Crippen LogP) is 0.380. The number of amides is 2. The molecule has 0 bridgehead atoms. The van der Waals surface area contributed by atoms with Gasteiger partial charge in [-0.25, -0.2) is 18.4 Å². The lowest BCUT2D eigenvalue weighted by atomic mass is 10.1. The quantitative estimate of drug-likeness (QED) is 0.745. The van der Waals surface area contributed by atoms with Crippen molar-refractivity contribution in [2.45, 2.75) is 39.2 Å². The van der Waals surface area contributed by atoms with Gasteiger partial charge in [-0.05, 0) is 27.2 Å². The first kappa shape index (κ1) is 19.7. The van der Waals surface area contributed by atoms with Gasteiger partial charge >= 0.3 is 6.09 Å². The highest BCUT2D eigenvalue weighted by Gasteiger charge is 2.31. The number of carbonyl (C=O) groups is 2. The summed E-state index contributed by atoms with van der Waals surface area (Å²) in [4.78, 5) is 26.7. The van der Waals surface area contributed by atoms with Crippen molar-refractivity contribution < 1.29 is 22.7 Å². The molecule has 1 heterocycles. The number of hydrogen-bond donors (Lipinski definition) is 1. The molecule has 1 aliphatic heterocycles. The molecular formula is C14H27N3O5S. The Kier molecular flexibility index (Phi) is 6.41. The second-order valence-corrected chi connectivity index (χ2v) is 8.65. The molecular weight excluding hydrogens is 322 g/mol. The number of likely N-dealkylation sites (tertiary alicyclic amines) is 1. The van der Waals surface area contributed by atoms with Gasteiger partial charge < -0.3 is 14.5 Å². The van der Waals surface area contributed by atoms with Crippen LogP contribution in [0.3, 0.4) is 0 Å². The summed E-state index contributed by atoms with van der Waals surface area (Å²) in [5, 5.41) is 5.01. The highest BCUT2D eigenvalue weighted by molar-refractivity contribution is 7.89. The number of carbonyl (C=O) groups excluding carboxylic acids is 2. The Labute approximate surface area is 138 Å². The Hall–Kier alpha value is -1.35. The maximum Gasteiger partial charge on any atom is 0.410 e. The lowest BCUT2D eigenvalue weighted by Gasteiger charge is -2.25. The average molecular weight is 349 g/mol. The number of ether oxygens (including phenoxy) is 1. The van der Waals surface area contributed by atoms with E-state index in [4.69, 9.17) is 9.88 Å². The van der Waals surface area contributed by atoms with Gasteiger partial charge in [0.25, 0.3) is 0 Å². The first-order valence-electron chi connectivity index (χ1n) is 7.60. The maximum absolute atomic E-state index is 11.9. The van der Waals surface area contributed by atoms with E-state index in [-0.39, 0.29) is 24.0 Å². The van der Waals surface area contributed by atoms with Crippen molar-refractivity contribution in [1.29, 1.82) is 0 Å². The SMILES string of the molecule is CN(CCCN1CC(CS(N)(=O)=O)CC1=O)C(=O)OC(C)(C)C. The standard InChI is InChI=1S/C14H27N3O5S/c1-14(2,3)22-13(19)16(4)6-5-7-17-9-11(8-12(17)18)10-23(15,20)21/h11H,5-10H2,1-4H3,(H2,15,20,21). The van der Waals surface area contributed by atoms with Crippen molar-refractivity contribution in [2.24, 2.45) is 11.1 Å². The van der Waals surface area contributed by atoms with Crippen LogP contribution in [0, 0.1) is 5.92 Å². The Morgan fingerprint density at radius 2 is 2.04 bits per heavy atom. The summed E-state index contributed by atoms with van der Waals surface area (Å²) >= 11 is 0. The highest BCUT2D eigenvalue weighted by atomic mass is 32.2. The van der Waals surface area contributed by atoms with Crippen molar-refractivity contribution >= 4 is 22.0 Å². The molecule has 0 saturated carbocycles. The third-order valence-electron chi connectivity index (χ3n) is 3.39. The molecule has 1 fully saturated rings. The maximum atomic E-state index is 11.9. The van der Waals surface area contributed by atoms with E-state index in [1.54, 1.807) is 32.7 Å². The molecule has 0 aromatic heterocycles. The van der Waals surface area contributed by atoms with Gasteiger partial charge in [-0.3, -0.25) is 4.79 Å². The minimum atomic E-state index is -3.57. The van der Waals surface area contributed by atoms with E-state index in [1.807, 2.05) is 0 Å². The van der Waals surface area contributed by atoms with Crippen LogP contribution in [0.2, 0.25) is 0 Å². The van der Waals surface area contributed by atoms with E-state index in [1.165, 1.54) is 4.90 Å². The minimum Gasteiger partial charge on any atom is -0.444 e. The van der Waals surface area contributed by atoms with E-state index in [0.717, 1.165) is 0 Å². The molecule has 1 atom stereocenters. The lowest BCUT2D eigenvalue weighted by Crippen LogP contribution is -2.36. The fourth-order valence-electron chi connectivity index (χ4n) is 2.44. The number of nitrogens with zero attached hydrogens (tertiary/aromatic N) is 2. The Morgan fingerprint density at radius 3 is 2.57 bits per heavy atom. The second kappa shape index (κ2) is 7.48. The van der Waals surface area contributed by atoms with E-state index in [9.17, 15) is 18.0 Å². The Balaban J connectivity index is 2.36. The van der Waals surface area contributed by atoms with Gasteiger partial charge in [0.2, 0.25) is 15.9 Å². The van der Waals surface area contributed by atoms with Crippen molar-refractivity contribution in [1.82, 2.24) is 9.80 Å². The summed E-state index contributed by atoms with van der Waals surface area (Å²) in [5.41, 5.74) is -0.544. The van der Waals surface area contributed by atoms with Gasteiger partial charge in [0.1, 0.15) is 5.60 Å². The van der Waals surface area contributed by atoms with Crippen LogP contribution in [-0.2, 0) is 19.6 Å².